The first-order chi connectivity index (χ1) is 9.99. The van der Waals surface area contributed by atoms with Gasteiger partial charge in [-0.25, -0.2) is 4.79 Å². The fourth-order valence-electron chi connectivity index (χ4n) is 1.81. The van der Waals surface area contributed by atoms with E-state index in [-0.39, 0.29) is 0 Å². The van der Waals surface area contributed by atoms with Gasteiger partial charge in [0.25, 0.3) is 5.91 Å². The van der Waals surface area contributed by atoms with E-state index in [1.165, 1.54) is 0 Å². The smallest absolute Gasteiger partial charge is 0.330 e. The van der Waals surface area contributed by atoms with Gasteiger partial charge >= 0.3 is 5.97 Å². The predicted molar refractivity (Wildman–Crippen MR) is 86.1 cm³/mol. The van der Waals surface area contributed by atoms with Gasteiger partial charge in [-0.2, -0.15) is 0 Å². The molecular formula is C15H11Br2NO3. The van der Waals surface area contributed by atoms with Crippen LogP contribution >= 0.6 is 31.9 Å². The van der Waals surface area contributed by atoms with Gasteiger partial charge in [0.15, 0.2) is 6.04 Å². The zero-order valence-electron chi connectivity index (χ0n) is 10.7. The fourth-order valence-corrected chi connectivity index (χ4v) is 2.60. The van der Waals surface area contributed by atoms with E-state index in [2.05, 4.69) is 37.2 Å². The summed E-state index contributed by atoms with van der Waals surface area (Å²) in [5.74, 6) is -1.57. The van der Waals surface area contributed by atoms with Gasteiger partial charge in [-0.05, 0) is 39.7 Å². The van der Waals surface area contributed by atoms with Gasteiger partial charge in [0.05, 0.1) is 5.56 Å². The molecule has 0 aliphatic heterocycles. The monoisotopic (exact) mass is 411 g/mol. The Morgan fingerprint density at radius 2 is 1.71 bits per heavy atom. The van der Waals surface area contributed by atoms with Crippen molar-refractivity contribution in [1.82, 2.24) is 5.32 Å². The van der Waals surface area contributed by atoms with Crippen LogP contribution in [0.2, 0.25) is 0 Å². The molecule has 0 aromatic heterocycles. The highest BCUT2D eigenvalue weighted by atomic mass is 79.9. The Balaban J connectivity index is 2.27. The summed E-state index contributed by atoms with van der Waals surface area (Å²) in [6, 6.07) is 12.6. The van der Waals surface area contributed by atoms with E-state index >= 15 is 0 Å². The Hall–Kier alpha value is -1.66. The normalized spacial score (nSPS) is 11.7. The van der Waals surface area contributed by atoms with Crippen molar-refractivity contribution in [2.45, 2.75) is 6.04 Å². The molecule has 0 radical (unpaired) electrons. The third-order valence-electron chi connectivity index (χ3n) is 2.83. The number of aliphatic carboxylic acids is 1. The highest BCUT2D eigenvalue weighted by Crippen LogP contribution is 2.22. The highest BCUT2D eigenvalue weighted by Gasteiger charge is 2.23. The number of rotatable bonds is 4. The van der Waals surface area contributed by atoms with Crippen LogP contribution in [0.25, 0.3) is 0 Å². The molecule has 21 heavy (non-hydrogen) atoms. The summed E-state index contributed by atoms with van der Waals surface area (Å²) in [7, 11) is 0. The summed E-state index contributed by atoms with van der Waals surface area (Å²) in [4.78, 5) is 23.7. The molecule has 6 heteroatoms. The maximum absolute atomic E-state index is 12.3. The van der Waals surface area contributed by atoms with Crippen LogP contribution in [-0.4, -0.2) is 17.0 Å². The lowest BCUT2D eigenvalue weighted by atomic mass is 10.1. The third-order valence-corrected chi connectivity index (χ3v) is 4.01. The Morgan fingerprint density at radius 3 is 2.33 bits per heavy atom. The van der Waals surface area contributed by atoms with Gasteiger partial charge in [0.2, 0.25) is 0 Å². The molecule has 0 aliphatic rings. The van der Waals surface area contributed by atoms with Gasteiger partial charge in [-0.3, -0.25) is 4.79 Å². The van der Waals surface area contributed by atoms with Crippen LogP contribution in [0.15, 0.2) is 57.5 Å². The molecule has 0 saturated heterocycles. The van der Waals surface area contributed by atoms with Gasteiger partial charge in [0, 0.05) is 8.95 Å². The van der Waals surface area contributed by atoms with Crippen molar-refractivity contribution in [3.8, 4) is 0 Å². The van der Waals surface area contributed by atoms with E-state index in [1.807, 2.05) is 0 Å². The number of carbonyl (C=O) groups is 2. The van der Waals surface area contributed by atoms with Crippen molar-refractivity contribution in [2.75, 3.05) is 0 Å². The number of amides is 1. The van der Waals surface area contributed by atoms with Gasteiger partial charge in [-0.15, -0.1) is 0 Å². The molecule has 2 N–H and O–H groups in total. The summed E-state index contributed by atoms with van der Waals surface area (Å²) < 4.78 is 1.34. The number of hydrogen-bond acceptors (Lipinski definition) is 2. The van der Waals surface area contributed by atoms with Gasteiger partial charge in [-0.1, -0.05) is 46.3 Å². The van der Waals surface area contributed by atoms with Crippen LogP contribution in [-0.2, 0) is 4.79 Å². The second-order valence-electron chi connectivity index (χ2n) is 4.28. The molecule has 2 aromatic carbocycles. The second-order valence-corrected chi connectivity index (χ2v) is 6.05. The first-order valence-electron chi connectivity index (χ1n) is 6.02. The van der Waals surface area contributed by atoms with Crippen molar-refractivity contribution in [3.05, 3.63) is 68.6 Å². The minimum atomic E-state index is -1.11. The molecule has 2 rings (SSSR count). The topological polar surface area (TPSA) is 66.4 Å². The molecule has 0 heterocycles. The van der Waals surface area contributed by atoms with E-state index in [0.29, 0.717) is 15.6 Å². The number of carboxylic acid groups (broad SMARTS) is 1. The summed E-state index contributed by atoms with van der Waals surface area (Å²) in [6.07, 6.45) is 0. The Labute approximate surface area is 138 Å². The first kappa shape index (κ1) is 15.7. The molecule has 0 saturated carbocycles. The molecule has 4 nitrogen and oxygen atoms in total. The third kappa shape index (κ3) is 3.92. The number of carbonyl (C=O) groups excluding carboxylic acids is 1. The summed E-state index contributed by atoms with van der Waals surface area (Å²) in [5, 5.41) is 11.8. The minimum absolute atomic E-state index is 0.367. The van der Waals surface area contributed by atoms with E-state index in [4.69, 9.17) is 0 Å². The largest absolute Gasteiger partial charge is 0.479 e. The van der Waals surface area contributed by atoms with Crippen molar-refractivity contribution < 1.29 is 14.7 Å². The van der Waals surface area contributed by atoms with Crippen molar-refractivity contribution in [2.24, 2.45) is 0 Å². The summed E-state index contributed by atoms with van der Waals surface area (Å²) >= 11 is 6.57. The fraction of sp³-hybridized carbons (Fsp3) is 0.0667. The maximum Gasteiger partial charge on any atom is 0.330 e. The average Bonchev–Trinajstić information content (AvgIpc) is 2.47. The van der Waals surface area contributed by atoms with E-state index in [1.54, 1.807) is 48.5 Å². The molecule has 1 amide bonds. The van der Waals surface area contributed by atoms with E-state index < -0.39 is 17.9 Å². The molecule has 2 aromatic rings. The van der Waals surface area contributed by atoms with Crippen LogP contribution in [0, 0.1) is 0 Å². The lowest BCUT2D eigenvalue weighted by molar-refractivity contribution is -0.139. The molecule has 1 atom stereocenters. The zero-order valence-corrected chi connectivity index (χ0v) is 13.9. The van der Waals surface area contributed by atoms with Crippen LogP contribution in [0.4, 0.5) is 0 Å². The van der Waals surface area contributed by atoms with Crippen molar-refractivity contribution in [3.63, 3.8) is 0 Å². The van der Waals surface area contributed by atoms with Crippen molar-refractivity contribution >= 4 is 43.7 Å². The zero-order chi connectivity index (χ0) is 15.4. The van der Waals surface area contributed by atoms with E-state index in [9.17, 15) is 14.7 Å². The molecule has 0 bridgehead atoms. The lowest BCUT2D eigenvalue weighted by Crippen LogP contribution is -2.33. The van der Waals surface area contributed by atoms with Crippen LogP contribution < -0.4 is 5.32 Å². The standard InChI is InChI=1S/C15H11Br2NO3/c16-10-6-7-12(17)11(8-10)14(19)18-13(15(20)21)9-4-2-1-3-5-9/h1-8,13H,(H,18,19)(H,20,21)/t13-/m1/s1. The van der Waals surface area contributed by atoms with Gasteiger partial charge in [0.1, 0.15) is 0 Å². The second kappa shape index (κ2) is 6.87. The van der Waals surface area contributed by atoms with Crippen LogP contribution in [0.5, 0.6) is 0 Å². The molecule has 0 unspecified atom stereocenters. The number of hydrogen-bond donors (Lipinski definition) is 2. The molecule has 0 aliphatic carbocycles. The molecular weight excluding hydrogens is 402 g/mol. The quantitative estimate of drug-likeness (QED) is 0.803. The molecule has 108 valence electrons. The van der Waals surface area contributed by atoms with Gasteiger partial charge < -0.3 is 10.4 Å². The Morgan fingerprint density at radius 1 is 1.05 bits per heavy atom. The summed E-state index contributed by atoms with van der Waals surface area (Å²) in [5.41, 5.74) is 0.885. The highest BCUT2D eigenvalue weighted by molar-refractivity contribution is 9.11. The van der Waals surface area contributed by atoms with Crippen LogP contribution in [0.1, 0.15) is 22.0 Å². The predicted octanol–water partition coefficient (Wildman–Crippen LogP) is 3.77. The molecule has 0 spiro atoms. The molecule has 0 fully saturated rings. The number of halogens is 2. The summed E-state index contributed by atoms with van der Waals surface area (Å²) in [6.45, 7) is 0. The van der Waals surface area contributed by atoms with Crippen molar-refractivity contribution in [1.29, 1.82) is 0 Å². The number of carboxylic acids is 1. The number of nitrogens with one attached hydrogen (secondary N) is 1. The Bertz CT molecular complexity index is 674. The first-order valence-corrected chi connectivity index (χ1v) is 7.61. The van der Waals surface area contributed by atoms with Crippen LogP contribution in [0.3, 0.4) is 0 Å². The SMILES string of the molecule is O=C(N[C@@H](C(=O)O)c1ccccc1)c1cc(Br)ccc1Br. The lowest BCUT2D eigenvalue weighted by Gasteiger charge is -2.15. The average molecular weight is 413 g/mol. The minimum Gasteiger partial charge on any atom is -0.479 e. The number of benzene rings is 2. The van der Waals surface area contributed by atoms with E-state index in [0.717, 1.165) is 4.47 Å². The Kier molecular flexibility index (Phi) is 5.14. The maximum atomic E-state index is 12.3.